The van der Waals surface area contributed by atoms with E-state index in [0.717, 1.165) is 4.47 Å². The molecular weight excluding hydrogens is 330 g/mol. The number of nitrogens with one attached hydrogen (secondary N) is 1. The molecule has 2 N–H and O–H groups in total. The second-order valence-corrected chi connectivity index (χ2v) is 5.26. The summed E-state index contributed by atoms with van der Waals surface area (Å²) in [5.41, 5.74) is 1.06. The van der Waals surface area contributed by atoms with Crippen LogP contribution in [0.1, 0.15) is 15.9 Å². The van der Waals surface area contributed by atoms with Gasteiger partial charge >= 0.3 is 0 Å². The Morgan fingerprint density at radius 2 is 2.00 bits per heavy atom. The number of rotatable bonds is 3. The van der Waals surface area contributed by atoms with Gasteiger partial charge in [-0.15, -0.1) is 0 Å². The summed E-state index contributed by atoms with van der Waals surface area (Å²) in [7, 11) is 0. The van der Waals surface area contributed by atoms with Crippen molar-refractivity contribution in [3.8, 4) is 5.75 Å². The number of amides is 1. The number of carbonyl (C=O) groups excluding carboxylic acids is 1. The second kappa shape index (κ2) is 6.08. The van der Waals surface area contributed by atoms with Gasteiger partial charge in [-0.2, -0.15) is 0 Å². The average molecular weight is 341 g/mol. The molecule has 0 atom stereocenters. The van der Waals surface area contributed by atoms with Gasteiger partial charge in [0.15, 0.2) is 0 Å². The summed E-state index contributed by atoms with van der Waals surface area (Å²) in [4.78, 5) is 12.0. The molecule has 3 nitrogen and oxygen atoms in total. The lowest BCUT2D eigenvalue weighted by Gasteiger charge is -2.08. The molecule has 0 unspecified atom stereocenters. The molecule has 1 amide bonds. The first-order chi connectivity index (χ1) is 9.08. The predicted octanol–water partition coefficient (Wildman–Crippen LogP) is 3.74. The van der Waals surface area contributed by atoms with Gasteiger partial charge in [-0.1, -0.05) is 45.7 Å². The molecule has 5 heteroatoms. The van der Waals surface area contributed by atoms with Gasteiger partial charge in [0.1, 0.15) is 5.75 Å². The lowest BCUT2D eigenvalue weighted by molar-refractivity contribution is 0.0951. The molecule has 2 aromatic carbocycles. The van der Waals surface area contributed by atoms with E-state index in [1.165, 1.54) is 0 Å². The molecule has 0 aliphatic rings. The maximum absolute atomic E-state index is 12.0. The quantitative estimate of drug-likeness (QED) is 0.894. The van der Waals surface area contributed by atoms with Gasteiger partial charge in [0.2, 0.25) is 0 Å². The first-order valence-corrected chi connectivity index (χ1v) is 6.75. The number of para-hydroxylation sites is 1. The Morgan fingerprint density at radius 3 is 2.68 bits per heavy atom. The molecule has 0 bridgehead atoms. The Hall–Kier alpha value is -1.52. The van der Waals surface area contributed by atoms with E-state index < -0.39 is 0 Å². The summed E-state index contributed by atoms with van der Waals surface area (Å²) in [6.45, 7) is 0.248. The van der Waals surface area contributed by atoms with Crippen molar-refractivity contribution in [2.24, 2.45) is 0 Å². The molecule has 0 saturated carbocycles. The number of phenolic OH excluding ortho intramolecular Hbond substituents is 1. The summed E-state index contributed by atoms with van der Waals surface area (Å²) in [6.07, 6.45) is 0. The minimum Gasteiger partial charge on any atom is -0.508 e. The Morgan fingerprint density at radius 1 is 1.26 bits per heavy atom. The van der Waals surface area contributed by atoms with Crippen LogP contribution < -0.4 is 5.32 Å². The van der Waals surface area contributed by atoms with Gasteiger partial charge in [-0.05, 0) is 24.3 Å². The minimum absolute atomic E-state index is 0.157. The van der Waals surface area contributed by atoms with E-state index in [1.807, 2.05) is 0 Å². The van der Waals surface area contributed by atoms with Crippen LogP contribution in [0.2, 0.25) is 5.02 Å². The zero-order chi connectivity index (χ0) is 13.8. The van der Waals surface area contributed by atoms with Gasteiger partial charge in [-0.25, -0.2) is 0 Å². The first kappa shape index (κ1) is 13.9. The minimum atomic E-state index is -0.277. The van der Waals surface area contributed by atoms with Crippen molar-refractivity contribution >= 4 is 33.4 Å². The summed E-state index contributed by atoms with van der Waals surface area (Å²) < 4.78 is 0.815. The largest absolute Gasteiger partial charge is 0.508 e. The highest BCUT2D eigenvalue weighted by atomic mass is 79.9. The highest BCUT2D eigenvalue weighted by molar-refractivity contribution is 9.10. The first-order valence-electron chi connectivity index (χ1n) is 5.58. The number of benzene rings is 2. The number of hydrogen-bond donors (Lipinski definition) is 2. The molecule has 2 aromatic rings. The van der Waals surface area contributed by atoms with E-state index in [1.54, 1.807) is 42.5 Å². The molecule has 98 valence electrons. The fourth-order valence-corrected chi connectivity index (χ4v) is 2.36. The van der Waals surface area contributed by atoms with Crippen molar-refractivity contribution in [3.05, 3.63) is 63.1 Å². The van der Waals surface area contributed by atoms with Crippen LogP contribution in [0.15, 0.2) is 46.9 Å². The number of halogens is 2. The van der Waals surface area contributed by atoms with Crippen LogP contribution in [0.25, 0.3) is 0 Å². The SMILES string of the molecule is O=C(NCc1ccccc1O)c1ccc(Br)cc1Cl. The zero-order valence-corrected chi connectivity index (χ0v) is 12.2. The smallest absolute Gasteiger partial charge is 0.253 e. The Balaban J connectivity index is 2.08. The van der Waals surface area contributed by atoms with Gasteiger partial charge in [0, 0.05) is 16.6 Å². The normalized spacial score (nSPS) is 10.2. The third-order valence-corrected chi connectivity index (χ3v) is 3.41. The standard InChI is InChI=1S/C14H11BrClNO2/c15-10-5-6-11(12(16)7-10)14(19)17-8-9-3-1-2-4-13(9)18/h1-7,18H,8H2,(H,17,19). The molecule has 0 heterocycles. The topological polar surface area (TPSA) is 49.3 Å². The van der Waals surface area contributed by atoms with Gasteiger partial charge in [0.05, 0.1) is 10.6 Å². The third-order valence-electron chi connectivity index (χ3n) is 2.61. The van der Waals surface area contributed by atoms with Crippen molar-refractivity contribution in [2.45, 2.75) is 6.54 Å². The lowest BCUT2D eigenvalue weighted by Crippen LogP contribution is -2.23. The van der Waals surface area contributed by atoms with Crippen LogP contribution in [-0.2, 0) is 6.54 Å². The van der Waals surface area contributed by atoms with Crippen molar-refractivity contribution in [1.82, 2.24) is 5.32 Å². The summed E-state index contributed by atoms with van der Waals surface area (Å²) in [5.74, 6) is -0.120. The molecule has 0 aliphatic heterocycles. The van der Waals surface area contributed by atoms with E-state index in [2.05, 4.69) is 21.2 Å². The summed E-state index contributed by atoms with van der Waals surface area (Å²) >= 11 is 9.28. The van der Waals surface area contributed by atoms with E-state index in [9.17, 15) is 9.90 Å². The summed E-state index contributed by atoms with van der Waals surface area (Å²) in [6, 6.07) is 11.9. The Bertz CT molecular complexity index is 616. The predicted molar refractivity (Wildman–Crippen MR) is 78.4 cm³/mol. The Kier molecular flexibility index (Phi) is 4.45. The third kappa shape index (κ3) is 3.49. The number of hydrogen-bond acceptors (Lipinski definition) is 2. The van der Waals surface area contributed by atoms with Crippen molar-refractivity contribution in [2.75, 3.05) is 0 Å². The molecule has 0 aromatic heterocycles. The fraction of sp³-hybridized carbons (Fsp3) is 0.0714. The maximum Gasteiger partial charge on any atom is 0.253 e. The van der Waals surface area contributed by atoms with Gasteiger partial charge in [0.25, 0.3) is 5.91 Å². The van der Waals surface area contributed by atoms with Crippen molar-refractivity contribution in [3.63, 3.8) is 0 Å². The highest BCUT2D eigenvalue weighted by Gasteiger charge is 2.10. The number of carbonyl (C=O) groups is 1. The van der Waals surface area contributed by atoms with Gasteiger partial charge < -0.3 is 10.4 Å². The van der Waals surface area contributed by atoms with E-state index >= 15 is 0 Å². The zero-order valence-electron chi connectivity index (χ0n) is 9.86. The monoisotopic (exact) mass is 339 g/mol. The van der Waals surface area contributed by atoms with Crippen LogP contribution in [0.4, 0.5) is 0 Å². The van der Waals surface area contributed by atoms with Crippen molar-refractivity contribution in [1.29, 1.82) is 0 Å². The molecule has 0 spiro atoms. The molecule has 0 saturated heterocycles. The van der Waals surface area contributed by atoms with Crippen LogP contribution in [0, 0.1) is 0 Å². The molecule has 0 aliphatic carbocycles. The van der Waals surface area contributed by atoms with Gasteiger partial charge in [-0.3, -0.25) is 4.79 Å². The Labute approximate surface area is 124 Å². The van der Waals surface area contributed by atoms with E-state index in [0.29, 0.717) is 16.1 Å². The molecular formula is C14H11BrClNO2. The van der Waals surface area contributed by atoms with Crippen LogP contribution >= 0.6 is 27.5 Å². The molecule has 0 fully saturated rings. The molecule has 2 rings (SSSR count). The maximum atomic E-state index is 12.0. The summed E-state index contributed by atoms with van der Waals surface area (Å²) in [5, 5.41) is 12.7. The van der Waals surface area contributed by atoms with Crippen LogP contribution in [-0.4, -0.2) is 11.0 Å². The average Bonchev–Trinajstić information content (AvgIpc) is 2.37. The lowest BCUT2D eigenvalue weighted by atomic mass is 10.2. The number of aromatic hydroxyl groups is 1. The highest BCUT2D eigenvalue weighted by Crippen LogP contribution is 2.21. The van der Waals surface area contributed by atoms with Crippen LogP contribution in [0.3, 0.4) is 0 Å². The second-order valence-electron chi connectivity index (χ2n) is 3.94. The molecule has 19 heavy (non-hydrogen) atoms. The van der Waals surface area contributed by atoms with Crippen LogP contribution in [0.5, 0.6) is 5.75 Å². The van der Waals surface area contributed by atoms with E-state index in [4.69, 9.17) is 11.6 Å². The molecule has 0 radical (unpaired) electrons. The van der Waals surface area contributed by atoms with E-state index in [-0.39, 0.29) is 18.2 Å². The van der Waals surface area contributed by atoms with Crippen molar-refractivity contribution < 1.29 is 9.90 Å². The fourth-order valence-electron chi connectivity index (χ4n) is 1.60. The number of phenols is 1.